The molecule has 29 heavy (non-hydrogen) atoms. The maximum Gasteiger partial charge on any atom is 0.414 e. The van der Waals surface area contributed by atoms with E-state index in [2.05, 4.69) is 5.32 Å². The van der Waals surface area contributed by atoms with Gasteiger partial charge in [-0.1, -0.05) is 0 Å². The Morgan fingerprint density at radius 2 is 1.97 bits per heavy atom. The van der Waals surface area contributed by atoms with Gasteiger partial charge < -0.3 is 19.7 Å². The van der Waals surface area contributed by atoms with Gasteiger partial charge >= 0.3 is 6.09 Å². The molecule has 2 saturated heterocycles. The minimum Gasteiger partial charge on any atom is -0.442 e. The summed E-state index contributed by atoms with van der Waals surface area (Å²) in [5.74, 6) is -0.571. The maximum atomic E-state index is 14.4. The van der Waals surface area contributed by atoms with E-state index >= 15 is 0 Å². The molecular formula is C17H24FN3O7S. The summed E-state index contributed by atoms with van der Waals surface area (Å²) in [6, 6.07) is 4.72. The highest BCUT2D eigenvalue weighted by atomic mass is 32.2. The van der Waals surface area contributed by atoms with E-state index in [0.717, 1.165) is 0 Å². The van der Waals surface area contributed by atoms with Crippen LogP contribution < -0.4 is 15.1 Å². The molecule has 10 nitrogen and oxygen atoms in total. The van der Waals surface area contributed by atoms with Crippen molar-refractivity contribution in [3.8, 4) is 0 Å². The summed E-state index contributed by atoms with van der Waals surface area (Å²) in [5, 5.41) is 2.61. The van der Waals surface area contributed by atoms with Gasteiger partial charge in [-0.05, 0) is 18.2 Å². The second kappa shape index (κ2) is 9.85. The molecule has 0 bridgehead atoms. The van der Waals surface area contributed by atoms with E-state index in [1.54, 1.807) is 12.1 Å². The van der Waals surface area contributed by atoms with Crippen LogP contribution in [0, 0.1) is 5.82 Å². The molecule has 0 spiro atoms. The summed E-state index contributed by atoms with van der Waals surface area (Å²) in [6.45, 7) is 4.34. The number of rotatable bonds is 4. The highest BCUT2D eigenvalue weighted by molar-refractivity contribution is 7.85. The van der Waals surface area contributed by atoms with Gasteiger partial charge in [-0.3, -0.25) is 14.2 Å². The molecule has 3 rings (SSSR count). The zero-order chi connectivity index (χ0) is 21.6. The van der Waals surface area contributed by atoms with Crippen LogP contribution >= 0.6 is 0 Å². The van der Waals surface area contributed by atoms with Crippen LogP contribution in [-0.4, -0.2) is 76.7 Å². The lowest BCUT2D eigenvalue weighted by Crippen LogP contribution is -2.36. The Hall–Kier alpha value is -2.44. The number of morpholine rings is 1. The van der Waals surface area contributed by atoms with Crippen molar-refractivity contribution < 1.29 is 36.4 Å². The van der Waals surface area contributed by atoms with Gasteiger partial charge in [0.15, 0.2) is 0 Å². The standard InChI is InChI=1S/C16H20FN3O4.CH4O3S/c1-11(21)18-9-13-10-20(16(22)24-13)12-2-3-15(14(17)8-12)19-4-6-23-7-5-19;1-5(2,3)4/h2-3,8,13H,4-7,9-10H2,1H3,(H,18,21);1H3,(H,2,3,4)/t13-;/m0./s1. The second-order valence-electron chi connectivity index (χ2n) is 6.52. The van der Waals surface area contributed by atoms with Crippen LogP contribution in [0.25, 0.3) is 0 Å². The minimum atomic E-state index is -3.67. The molecule has 1 aromatic rings. The molecule has 1 atom stereocenters. The zero-order valence-corrected chi connectivity index (χ0v) is 16.9. The second-order valence-corrected chi connectivity index (χ2v) is 7.99. The van der Waals surface area contributed by atoms with Gasteiger partial charge in [0.25, 0.3) is 10.1 Å². The number of carbonyl (C=O) groups excluding carboxylic acids is 2. The Morgan fingerprint density at radius 1 is 1.34 bits per heavy atom. The molecule has 12 heteroatoms. The monoisotopic (exact) mass is 433 g/mol. The number of nitrogens with one attached hydrogen (secondary N) is 1. The Labute approximate surface area is 168 Å². The van der Waals surface area contributed by atoms with Crippen LogP contribution in [0.3, 0.4) is 0 Å². The molecule has 2 aliphatic heterocycles. The van der Waals surface area contributed by atoms with E-state index in [1.165, 1.54) is 17.9 Å². The van der Waals surface area contributed by atoms with Crippen molar-refractivity contribution in [2.24, 2.45) is 0 Å². The molecule has 0 unspecified atom stereocenters. The van der Waals surface area contributed by atoms with E-state index in [0.29, 0.717) is 43.9 Å². The fourth-order valence-electron chi connectivity index (χ4n) is 2.82. The summed E-state index contributed by atoms with van der Waals surface area (Å²) in [6.07, 6.45) is -0.264. The first-order chi connectivity index (χ1) is 13.5. The SMILES string of the molecule is CC(=O)NC[C@H]1CN(c2ccc(N3CCOCC3)c(F)c2)C(=O)O1.CS(=O)(=O)O. The zero-order valence-electron chi connectivity index (χ0n) is 16.1. The Kier molecular flexibility index (Phi) is 7.76. The van der Waals surface area contributed by atoms with Gasteiger partial charge in [-0.25, -0.2) is 9.18 Å². The van der Waals surface area contributed by atoms with Gasteiger partial charge in [0.05, 0.1) is 43.9 Å². The Balaban J connectivity index is 0.000000537. The minimum absolute atomic E-state index is 0.189. The number of nitrogens with zero attached hydrogens (tertiary/aromatic N) is 2. The van der Waals surface area contributed by atoms with E-state index < -0.39 is 22.3 Å². The van der Waals surface area contributed by atoms with E-state index in [4.69, 9.17) is 14.0 Å². The largest absolute Gasteiger partial charge is 0.442 e. The van der Waals surface area contributed by atoms with Crippen molar-refractivity contribution in [2.75, 3.05) is 55.4 Å². The number of hydrogen-bond acceptors (Lipinski definition) is 7. The van der Waals surface area contributed by atoms with Gasteiger partial charge in [0.2, 0.25) is 5.91 Å². The molecule has 2 fully saturated rings. The fraction of sp³-hybridized carbons (Fsp3) is 0.529. The number of anilines is 2. The summed E-state index contributed by atoms with van der Waals surface area (Å²) in [7, 11) is -3.67. The average molecular weight is 433 g/mol. The normalized spacial score (nSPS) is 19.3. The number of ether oxygens (including phenoxy) is 2. The molecule has 162 valence electrons. The first-order valence-electron chi connectivity index (χ1n) is 8.82. The molecule has 0 saturated carbocycles. The quantitative estimate of drug-likeness (QED) is 0.663. The highest BCUT2D eigenvalue weighted by Gasteiger charge is 2.33. The lowest BCUT2D eigenvalue weighted by atomic mass is 10.2. The summed E-state index contributed by atoms with van der Waals surface area (Å²) >= 11 is 0. The van der Waals surface area contributed by atoms with Crippen molar-refractivity contribution in [1.82, 2.24) is 5.32 Å². The van der Waals surface area contributed by atoms with E-state index in [9.17, 15) is 22.4 Å². The summed E-state index contributed by atoms with van der Waals surface area (Å²) in [4.78, 5) is 26.2. The smallest absolute Gasteiger partial charge is 0.414 e. The fourth-order valence-corrected chi connectivity index (χ4v) is 2.82. The van der Waals surface area contributed by atoms with Crippen molar-refractivity contribution in [3.63, 3.8) is 0 Å². The number of carbonyl (C=O) groups is 2. The predicted octanol–water partition coefficient (Wildman–Crippen LogP) is 0.628. The molecule has 2 heterocycles. The number of hydrogen-bond donors (Lipinski definition) is 2. The van der Waals surface area contributed by atoms with Crippen molar-refractivity contribution in [3.05, 3.63) is 24.0 Å². The molecule has 2 aliphatic rings. The van der Waals surface area contributed by atoms with Crippen LogP contribution in [0.15, 0.2) is 18.2 Å². The molecule has 1 aromatic carbocycles. The van der Waals surface area contributed by atoms with Crippen LogP contribution in [0.1, 0.15) is 6.92 Å². The number of amides is 2. The maximum absolute atomic E-state index is 14.4. The summed E-state index contributed by atoms with van der Waals surface area (Å²) < 4.78 is 50.8. The van der Waals surface area contributed by atoms with Crippen molar-refractivity contribution in [2.45, 2.75) is 13.0 Å². The lowest BCUT2D eigenvalue weighted by Gasteiger charge is -2.29. The molecular weight excluding hydrogens is 409 g/mol. The van der Waals surface area contributed by atoms with Crippen LogP contribution in [-0.2, 0) is 24.4 Å². The van der Waals surface area contributed by atoms with E-state index in [-0.39, 0.29) is 24.8 Å². The van der Waals surface area contributed by atoms with Gasteiger partial charge in [-0.2, -0.15) is 8.42 Å². The molecule has 2 N–H and O–H groups in total. The van der Waals surface area contributed by atoms with Crippen LogP contribution in [0.4, 0.5) is 20.6 Å². The van der Waals surface area contributed by atoms with Gasteiger partial charge in [-0.15, -0.1) is 0 Å². The predicted molar refractivity (Wildman–Crippen MR) is 103 cm³/mol. The molecule has 0 aromatic heterocycles. The topological polar surface area (TPSA) is 125 Å². The van der Waals surface area contributed by atoms with Gasteiger partial charge in [0, 0.05) is 20.0 Å². The lowest BCUT2D eigenvalue weighted by molar-refractivity contribution is -0.119. The average Bonchev–Trinajstić information content (AvgIpc) is 3.00. The number of halogens is 1. The summed E-state index contributed by atoms with van der Waals surface area (Å²) in [5.41, 5.74) is 0.948. The van der Waals surface area contributed by atoms with E-state index in [1.807, 2.05) is 4.90 Å². The molecule has 2 amide bonds. The first-order valence-corrected chi connectivity index (χ1v) is 10.7. The van der Waals surface area contributed by atoms with Crippen molar-refractivity contribution in [1.29, 1.82) is 0 Å². The molecule has 0 radical (unpaired) electrons. The van der Waals surface area contributed by atoms with Gasteiger partial charge in [0.1, 0.15) is 11.9 Å². The van der Waals surface area contributed by atoms with Crippen LogP contribution in [0.2, 0.25) is 0 Å². The van der Waals surface area contributed by atoms with Crippen molar-refractivity contribution >= 4 is 33.5 Å². The van der Waals surface area contributed by atoms with Crippen LogP contribution in [0.5, 0.6) is 0 Å². The first kappa shape index (κ1) is 22.8. The highest BCUT2D eigenvalue weighted by Crippen LogP contribution is 2.28. The number of cyclic esters (lactones) is 1. The third-order valence-corrected chi connectivity index (χ3v) is 4.05. The third kappa shape index (κ3) is 7.48. The third-order valence-electron chi connectivity index (χ3n) is 4.05. The Bertz CT molecular complexity index is 835. The number of benzene rings is 1. The molecule has 0 aliphatic carbocycles. The Morgan fingerprint density at radius 3 is 2.52 bits per heavy atom.